The number of carboxylic acid groups (broad SMARTS) is 1. The molecule has 1 atom stereocenters. The molecule has 20 heavy (non-hydrogen) atoms. The van der Waals surface area contributed by atoms with Crippen LogP contribution in [0.15, 0.2) is 35.6 Å². The van der Waals surface area contributed by atoms with Crippen LogP contribution in [0.2, 0.25) is 5.02 Å². The normalized spacial score (nSPS) is 20.9. The summed E-state index contributed by atoms with van der Waals surface area (Å²) in [6.45, 7) is 0. The van der Waals surface area contributed by atoms with Crippen molar-refractivity contribution >= 4 is 17.6 Å². The molecule has 2 aliphatic carbocycles. The summed E-state index contributed by atoms with van der Waals surface area (Å²) in [6, 6.07) is 1.39. The van der Waals surface area contributed by atoms with Gasteiger partial charge in [0, 0.05) is 18.9 Å². The van der Waals surface area contributed by atoms with E-state index in [0.29, 0.717) is 5.88 Å². The van der Waals surface area contributed by atoms with Crippen LogP contribution in [-0.4, -0.2) is 22.2 Å². The highest BCUT2D eigenvalue weighted by Gasteiger charge is 2.26. The molecule has 0 aromatic carbocycles. The number of carbonyl (C=O) groups is 1. The highest BCUT2D eigenvalue weighted by atomic mass is 35.5. The summed E-state index contributed by atoms with van der Waals surface area (Å²) in [5, 5.41) is 9.16. The average Bonchev–Trinajstić information content (AvgIpc) is 2.82. The fourth-order valence-electron chi connectivity index (χ4n) is 2.70. The number of aromatic carboxylic acids is 1. The molecule has 5 heteroatoms. The molecule has 2 aliphatic rings. The highest BCUT2D eigenvalue weighted by molar-refractivity contribution is 6.33. The number of pyridine rings is 1. The summed E-state index contributed by atoms with van der Waals surface area (Å²) in [4.78, 5) is 15.1. The molecule has 1 aromatic heterocycles. The predicted octanol–water partition coefficient (Wildman–Crippen LogP) is 3.62. The number of rotatable bonds is 3. The van der Waals surface area contributed by atoms with E-state index in [0.717, 1.165) is 25.7 Å². The van der Waals surface area contributed by atoms with E-state index in [2.05, 4.69) is 17.1 Å². The van der Waals surface area contributed by atoms with Crippen LogP contribution in [0, 0.1) is 0 Å². The van der Waals surface area contributed by atoms with Gasteiger partial charge < -0.3 is 9.84 Å². The van der Waals surface area contributed by atoms with Crippen molar-refractivity contribution in [1.29, 1.82) is 0 Å². The van der Waals surface area contributed by atoms with E-state index in [1.807, 2.05) is 0 Å². The molecule has 1 N–H and O–H groups in total. The van der Waals surface area contributed by atoms with E-state index in [9.17, 15) is 4.79 Å². The first-order valence-electron chi connectivity index (χ1n) is 6.56. The number of aromatic nitrogens is 1. The van der Waals surface area contributed by atoms with Gasteiger partial charge in [-0.15, -0.1) is 0 Å². The maximum atomic E-state index is 11.0. The van der Waals surface area contributed by atoms with Crippen LogP contribution in [0.25, 0.3) is 0 Å². The van der Waals surface area contributed by atoms with Crippen molar-refractivity contribution in [3.63, 3.8) is 0 Å². The molecule has 104 valence electrons. The Hall–Kier alpha value is -1.81. The summed E-state index contributed by atoms with van der Waals surface area (Å²) in [7, 11) is 0. The Balaban J connectivity index is 1.72. The van der Waals surface area contributed by atoms with Crippen molar-refractivity contribution in [3.05, 3.63) is 46.1 Å². The van der Waals surface area contributed by atoms with Crippen LogP contribution in [0.1, 0.15) is 36.0 Å². The Bertz CT molecular complexity index is 622. The van der Waals surface area contributed by atoms with Crippen molar-refractivity contribution in [2.45, 2.75) is 31.8 Å². The smallest absolute Gasteiger partial charge is 0.337 e. The minimum Gasteiger partial charge on any atom is -0.478 e. The van der Waals surface area contributed by atoms with Gasteiger partial charge in [-0.2, -0.15) is 0 Å². The van der Waals surface area contributed by atoms with Gasteiger partial charge in [0.25, 0.3) is 0 Å². The Morgan fingerprint density at radius 2 is 2.30 bits per heavy atom. The van der Waals surface area contributed by atoms with Gasteiger partial charge in [0.05, 0.1) is 16.8 Å². The van der Waals surface area contributed by atoms with Crippen molar-refractivity contribution in [2.24, 2.45) is 0 Å². The van der Waals surface area contributed by atoms with E-state index >= 15 is 0 Å². The van der Waals surface area contributed by atoms with Gasteiger partial charge in [-0.05, 0) is 18.4 Å². The molecule has 1 heterocycles. The minimum absolute atomic E-state index is 0.0206. The minimum atomic E-state index is -1.07. The fraction of sp³-hybridized carbons (Fsp3) is 0.333. The van der Waals surface area contributed by atoms with E-state index in [4.69, 9.17) is 21.4 Å². The van der Waals surface area contributed by atoms with Crippen LogP contribution < -0.4 is 4.74 Å². The second-order valence-corrected chi connectivity index (χ2v) is 5.43. The van der Waals surface area contributed by atoms with E-state index in [1.54, 1.807) is 0 Å². The number of hydrogen-bond donors (Lipinski definition) is 1. The Morgan fingerprint density at radius 3 is 3.05 bits per heavy atom. The van der Waals surface area contributed by atoms with Crippen LogP contribution in [0.4, 0.5) is 0 Å². The van der Waals surface area contributed by atoms with E-state index in [-0.39, 0.29) is 16.7 Å². The van der Waals surface area contributed by atoms with Crippen molar-refractivity contribution in [2.75, 3.05) is 0 Å². The zero-order chi connectivity index (χ0) is 14.1. The van der Waals surface area contributed by atoms with Crippen molar-refractivity contribution in [3.8, 4) is 5.88 Å². The maximum Gasteiger partial charge on any atom is 0.337 e. The number of allylic oxidation sites excluding steroid dienone is 2. The molecule has 1 unspecified atom stereocenters. The molecule has 0 saturated carbocycles. The third kappa shape index (κ3) is 2.56. The molecule has 0 radical (unpaired) electrons. The van der Waals surface area contributed by atoms with Gasteiger partial charge in [-0.3, -0.25) is 0 Å². The van der Waals surface area contributed by atoms with Gasteiger partial charge in [-0.1, -0.05) is 29.3 Å². The molecule has 0 bridgehead atoms. The summed E-state index contributed by atoms with van der Waals surface area (Å²) in [5.74, 6) is -0.755. The number of halogens is 1. The number of carboxylic acids is 1. The van der Waals surface area contributed by atoms with Crippen LogP contribution in [0.5, 0.6) is 5.88 Å². The lowest BCUT2D eigenvalue weighted by Crippen LogP contribution is -2.14. The van der Waals surface area contributed by atoms with Gasteiger partial charge >= 0.3 is 5.97 Å². The molecular formula is C15H14ClNO3. The first kappa shape index (κ1) is 13.2. The highest BCUT2D eigenvalue weighted by Crippen LogP contribution is 2.35. The molecule has 4 nitrogen and oxygen atoms in total. The molecule has 0 fully saturated rings. The molecule has 1 aromatic rings. The second-order valence-electron chi connectivity index (χ2n) is 5.03. The first-order chi connectivity index (χ1) is 9.63. The van der Waals surface area contributed by atoms with Crippen molar-refractivity contribution < 1.29 is 14.6 Å². The molecular weight excluding hydrogens is 278 g/mol. The number of nitrogens with zero attached hydrogens (tertiary/aromatic N) is 1. The first-order valence-corrected chi connectivity index (χ1v) is 6.94. The standard InChI is InChI=1S/C15H14ClNO3/c16-13-8-17-14(7-12(13)15(18)19)20-11-5-9-3-1-2-4-10(9)6-11/h1,3,7-8,11H,2,4-6H2,(H,18,19). The molecule has 3 rings (SSSR count). The second kappa shape index (κ2) is 5.29. The largest absolute Gasteiger partial charge is 0.478 e. The monoisotopic (exact) mass is 291 g/mol. The Labute approximate surface area is 121 Å². The third-order valence-electron chi connectivity index (χ3n) is 3.66. The van der Waals surface area contributed by atoms with Crippen molar-refractivity contribution in [1.82, 2.24) is 4.98 Å². The third-order valence-corrected chi connectivity index (χ3v) is 3.96. The number of hydrogen-bond acceptors (Lipinski definition) is 3. The average molecular weight is 292 g/mol. The fourth-order valence-corrected chi connectivity index (χ4v) is 2.89. The van der Waals surface area contributed by atoms with Crippen LogP contribution in [0.3, 0.4) is 0 Å². The topological polar surface area (TPSA) is 59.4 Å². The lowest BCUT2D eigenvalue weighted by atomic mass is 10.0. The Morgan fingerprint density at radius 1 is 1.45 bits per heavy atom. The van der Waals surface area contributed by atoms with E-state index in [1.165, 1.54) is 23.4 Å². The maximum absolute atomic E-state index is 11.0. The predicted molar refractivity (Wildman–Crippen MR) is 75.3 cm³/mol. The zero-order valence-electron chi connectivity index (χ0n) is 10.8. The zero-order valence-corrected chi connectivity index (χ0v) is 11.6. The molecule has 0 saturated heterocycles. The quantitative estimate of drug-likeness (QED) is 0.924. The Kier molecular flexibility index (Phi) is 3.49. The number of ether oxygens (including phenoxy) is 1. The summed E-state index contributed by atoms with van der Waals surface area (Å²) < 4.78 is 5.80. The summed E-state index contributed by atoms with van der Waals surface area (Å²) >= 11 is 5.79. The van der Waals surface area contributed by atoms with Gasteiger partial charge in [0.2, 0.25) is 5.88 Å². The molecule has 0 amide bonds. The lowest BCUT2D eigenvalue weighted by Gasteiger charge is -2.13. The lowest BCUT2D eigenvalue weighted by molar-refractivity contribution is 0.0696. The molecule has 0 aliphatic heterocycles. The van der Waals surface area contributed by atoms with Gasteiger partial charge in [0.15, 0.2) is 0 Å². The SMILES string of the molecule is O=C(O)c1cc(OC2CC3=C(CCC=C3)C2)ncc1Cl. The van der Waals surface area contributed by atoms with Crippen LogP contribution >= 0.6 is 11.6 Å². The van der Waals surface area contributed by atoms with E-state index < -0.39 is 5.97 Å². The summed E-state index contributed by atoms with van der Waals surface area (Å²) in [6.07, 6.45) is 9.66. The van der Waals surface area contributed by atoms with Gasteiger partial charge in [-0.25, -0.2) is 9.78 Å². The van der Waals surface area contributed by atoms with Crippen LogP contribution in [-0.2, 0) is 0 Å². The van der Waals surface area contributed by atoms with Gasteiger partial charge in [0.1, 0.15) is 6.10 Å². The summed E-state index contributed by atoms with van der Waals surface area (Å²) in [5.41, 5.74) is 2.82. The molecule has 0 spiro atoms.